The van der Waals surface area contributed by atoms with Crippen LogP contribution in [-0.2, 0) is 11.2 Å². The van der Waals surface area contributed by atoms with Crippen molar-refractivity contribution in [2.75, 3.05) is 20.6 Å². The van der Waals surface area contributed by atoms with Gasteiger partial charge in [0.1, 0.15) is 11.6 Å². The zero-order valence-electron chi connectivity index (χ0n) is 18.8. The van der Waals surface area contributed by atoms with Crippen LogP contribution in [-0.4, -0.2) is 58.7 Å². The van der Waals surface area contributed by atoms with Gasteiger partial charge in [0.2, 0.25) is 5.91 Å². The third kappa shape index (κ3) is 5.95. The molecule has 2 N–H and O–H groups in total. The number of hydrogen-bond donors (Lipinski definition) is 2. The second kappa shape index (κ2) is 9.85. The lowest BCUT2D eigenvalue weighted by Crippen LogP contribution is -2.42. The molecule has 1 aromatic heterocycles. The number of carbonyl (C=O) groups is 1. The van der Waals surface area contributed by atoms with Crippen molar-refractivity contribution in [2.45, 2.75) is 50.7 Å². The first-order valence-electron chi connectivity index (χ1n) is 10.7. The molecular weight excluding hydrogens is 457 g/mol. The zero-order valence-corrected chi connectivity index (χ0v) is 19.5. The summed E-state index contributed by atoms with van der Waals surface area (Å²) in [6, 6.07) is 4.78. The molecule has 1 aromatic carbocycles. The van der Waals surface area contributed by atoms with E-state index in [4.69, 9.17) is 11.6 Å². The van der Waals surface area contributed by atoms with Gasteiger partial charge in [0.25, 0.3) is 0 Å². The molecule has 1 fully saturated rings. The van der Waals surface area contributed by atoms with Crippen LogP contribution < -0.4 is 5.32 Å². The molecule has 1 saturated carbocycles. The summed E-state index contributed by atoms with van der Waals surface area (Å²) in [4.78, 5) is 22.8. The number of phenolic OH excluding ortho intramolecular Hbond substituents is 1. The van der Waals surface area contributed by atoms with Gasteiger partial charge in [0, 0.05) is 37.3 Å². The predicted octanol–water partition coefficient (Wildman–Crippen LogP) is 4.25. The molecule has 2 atom stereocenters. The maximum Gasteiger partial charge on any atom is 0.395 e. The van der Waals surface area contributed by atoms with Crippen LogP contribution in [0.5, 0.6) is 5.75 Å². The molecule has 0 bridgehead atoms. The molecular formula is C23H28ClF3N4O2. The Kier molecular flexibility index (Phi) is 7.53. The van der Waals surface area contributed by atoms with Crippen molar-refractivity contribution in [3.05, 3.63) is 52.6 Å². The van der Waals surface area contributed by atoms with Gasteiger partial charge >= 0.3 is 6.18 Å². The van der Waals surface area contributed by atoms with Crippen LogP contribution in [0.4, 0.5) is 13.2 Å². The maximum atomic E-state index is 13.9. The summed E-state index contributed by atoms with van der Waals surface area (Å²) in [5, 5.41) is 12.6. The van der Waals surface area contributed by atoms with Gasteiger partial charge in [-0.15, -0.1) is 0 Å². The number of alkyl halides is 3. The van der Waals surface area contributed by atoms with E-state index >= 15 is 0 Å². The Bertz CT molecular complexity index is 979. The molecule has 0 aliphatic heterocycles. The molecule has 1 amide bonds. The highest BCUT2D eigenvalue weighted by Gasteiger charge is 2.67. The van der Waals surface area contributed by atoms with Crippen molar-refractivity contribution in [2.24, 2.45) is 5.41 Å². The Morgan fingerprint density at radius 1 is 1.27 bits per heavy atom. The van der Waals surface area contributed by atoms with Gasteiger partial charge in [-0.25, -0.2) is 9.97 Å². The Morgan fingerprint density at radius 2 is 1.91 bits per heavy atom. The molecule has 180 valence electrons. The fraction of sp³-hybridized carbons (Fsp3) is 0.522. The molecule has 1 heterocycles. The quantitative estimate of drug-likeness (QED) is 0.556. The van der Waals surface area contributed by atoms with E-state index in [1.165, 1.54) is 18.5 Å². The fourth-order valence-corrected chi connectivity index (χ4v) is 4.26. The average molecular weight is 485 g/mol. The van der Waals surface area contributed by atoms with Gasteiger partial charge in [0.05, 0.1) is 10.4 Å². The number of rotatable bonds is 9. The molecule has 33 heavy (non-hydrogen) atoms. The van der Waals surface area contributed by atoms with Crippen LogP contribution in [0.1, 0.15) is 42.1 Å². The van der Waals surface area contributed by atoms with Crippen LogP contribution in [0, 0.1) is 12.3 Å². The number of likely N-dealkylation sites (N-methyl/N-ethyl adjacent to an activating group) is 1. The number of amides is 1. The number of aryl methyl sites for hydroxylation is 1. The smallest absolute Gasteiger partial charge is 0.395 e. The highest BCUT2D eigenvalue weighted by Crippen LogP contribution is 2.66. The number of phenols is 1. The van der Waals surface area contributed by atoms with E-state index in [2.05, 4.69) is 15.3 Å². The Balaban J connectivity index is 1.70. The fourth-order valence-electron chi connectivity index (χ4n) is 4.05. The van der Waals surface area contributed by atoms with Crippen LogP contribution >= 0.6 is 11.6 Å². The summed E-state index contributed by atoms with van der Waals surface area (Å²) in [5.41, 5.74) is -0.713. The summed E-state index contributed by atoms with van der Waals surface area (Å²) in [6.07, 6.45) is -1.40. The van der Waals surface area contributed by atoms with Crippen molar-refractivity contribution in [3.8, 4) is 5.75 Å². The van der Waals surface area contributed by atoms with E-state index in [0.717, 1.165) is 5.56 Å². The Morgan fingerprint density at radius 3 is 2.42 bits per heavy atom. The standard InChI is InChI=1S/C23H28ClF3N4O2/c1-14-28-11-16(12-29-14)18(22(6-7-22)23(25,26)27)10-21(33)30-13-17(31(2)3)8-15-4-5-20(32)19(24)9-15/h4-5,9,11-12,17-18,32H,6-8,10,13H2,1-3H3,(H,30,33). The van der Waals surface area contributed by atoms with Gasteiger partial charge < -0.3 is 15.3 Å². The molecule has 2 unspecified atom stereocenters. The predicted molar refractivity (Wildman–Crippen MR) is 119 cm³/mol. The van der Waals surface area contributed by atoms with Crippen molar-refractivity contribution in [1.82, 2.24) is 20.2 Å². The lowest BCUT2D eigenvalue weighted by Gasteiger charge is -2.29. The highest BCUT2D eigenvalue weighted by molar-refractivity contribution is 6.32. The summed E-state index contributed by atoms with van der Waals surface area (Å²) in [5.74, 6) is -1.04. The second-order valence-electron chi connectivity index (χ2n) is 8.89. The molecule has 1 aliphatic carbocycles. The lowest BCUT2D eigenvalue weighted by molar-refractivity contribution is -0.194. The molecule has 0 radical (unpaired) electrons. The minimum Gasteiger partial charge on any atom is -0.506 e. The van der Waals surface area contributed by atoms with E-state index in [1.54, 1.807) is 19.1 Å². The van der Waals surface area contributed by atoms with Gasteiger partial charge in [-0.05, 0) is 63.5 Å². The number of carbonyl (C=O) groups excluding carboxylic acids is 1. The molecule has 3 rings (SSSR count). The van der Waals surface area contributed by atoms with E-state index in [0.29, 0.717) is 17.8 Å². The molecule has 0 saturated heterocycles. The van der Waals surface area contributed by atoms with E-state index in [-0.39, 0.29) is 42.6 Å². The first kappa shape index (κ1) is 25.2. The molecule has 10 heteroatoms. The Hall–Kier alpha value is -2.39. The van der Waals surface area contributed by atoms with Gasteiger partial charge in [-0.1, -0.05) is 17.7 Å². The first-order chi connectivity index (χ1) is 15.4. The second-order valence-corrected chi connectivity index (χ2v) is 9.29. The first-order valence-corrected chi connectivity index (χ1v) is 11.1. The number of halogens is 4. The number of aromatic hydroxyl groups is 1. The number of nitrogens with zero attached hydrogens (tertiary/aromatic N) is 3. The highest BCUT2D eigenvalue weighted by atomic mass is 35.5. The number of hydrogen-bond acceptors (Lipinski definition) is 5. The molecule has 2 aromatic rings. The topological polar surface area (TPSA) is 78.3 Å². The third-order valence-corrected chi connectivity index (χ3v) is 6.66. The van der Waals surface area contributed by atoms with Gasteiger partial charge in [0.15, 0.2) is 0 Å². The number of nitrogens with one attached hydrogen (secondary N) is 1. The van der Waals surface area contributed by atoms with Crippen LogP contribution in [0.25, 0.3) is 0 Å². The van der Waals surface area contributed by atoms with E-state index < -0.39 is 23.4 Å². The van der Waals surface area contributed by atoms with Crippen molar-refractivity contribution < 1.29 is 23.1 Å². The largest absolute Gasteiger partial charge is 0.506 e. The summed E-state index contributed by atoms with van der Waals surface area (Å²) >= 11 is 5.98. The van der Waals surface area contributed by atoms with Crippen LogP contribution in [0.15, 0.2) is 30.6 Å². The van der Waals surface area contributed by atoms with Crippen molar-refractivity contribution in [1.29, 1.82) is 0 Å². The minimum absolute atomic E-state index is 0.00966. The van der Waals surface area contributed by atoms with Crippen molar-refractivity contribution >= 4 is 17.5 Å². The molecule has 6 nitrogen and oxygen atoms in total. The SMILES string of the molecule is Cc1ncc(C(CC(=O)NCC(Cc2ccc(O)c(Cl)c2)N(C)C)C2(C(F)(F)F)CC2)cn1. The van der Waals surface area contributed by atoms with Crippen molar-refractivity contribution in [3.63, 3.8) is 0 Å². The maximum absolute atomic E-state index is 13.9. The normalized spacial score (nSPS) is 17.0. The third-order valence-electron chi connectivity index (χ3n) is 6.36. The van der Waals surface area contributed by atoms with Gasteiger partial charge in [-0.3, -0.25) is 4.79 Å². The lowest BCUT2D eigenvalue weighted by atomic mass is 9.81. The van der Waals surface area contributed by atoms with Crippen LogP contribution in [0.2, 0.25) is 5.02 Å². The minimum atomic E-state index is -4.41. The number of aromatic nitrogens is 2. The monoisotopic (exact) mass is 484 g/mol. The van der Waals surface area contributed by atoms with E-state index in [9.17, 15) is 23.1 Å². The summed E-state index contributed by atoms with van der Waals surface area (Å²) in [6.45, 7) is 1.91. The summed E-state index contributed by atoms with van der Waals surface area (Å²) < 4.78 is 41.6. The summed E-state index contributed by atoms with van der Waals surface area (Å²) in [7, 11) is 3.71. The van der Waals surface area contributed by atoms with Gasteiger partial charge in [-0.2, -0.15) is 13.2 Å². The molecule has 0 spiro atoms. The van der Waals surface area contributed by atoms with Crippen LogP contribution in [0.3, 0.4) is 0 Å². The molecule has 1 aliphatic rings. The van der Waals surface area contributed by atoms with E-state index in [1.807, 2.05) is 19.0 Å². The zero-order chi connectivity index (χ0) is 24.4. The number of benzene rings is 1. The average Bonchev–Trinajstić information content (AvgIpc) is 3.54. The Labute approximate surface area is 196 Å².